The van der Waals surface area contributed by atoms with Crippen LogP contribution in [0.4, 0.5) is 0 Å². The van der Waals surface area contributed by atoms with E-state index in [0.29, 0.717) is 12.8 Å². The summed E-state index contributed by atoms with van der Waals surface area (Å²) in [6, 6.07) is -1.53. The van der Waals surface area contributed by atoms with Gasteiger partial charge in [-0.25, -0.2) is 0 Å². The quantitative estimate of drug-likeness (QED) is 0.0997. The largest absolute Gasteiger partial charge is 1.00 e. The van der Waals surface area contributed by atoms with Crippen molar-refractivity contribution in [3.05, 3.63) is 0 Å². The number of carboxylic acids is 2. The topological polar surface area (TPSA) is 115 Å². The summed E-state index contributed by atoms with van der Waals surface area (Å²) in [5, 5.41) is 20.9. The number of nitrogens with zero attached hydrogens (tertiary/aromatic N) is 1. The van der Waals surface area contributed by atoms with Crippen LogP contribution >= 0.6 is 0 Å². The van der Waals surface area contributed by atoms with Gasteiger partial charge < -0.3 is 15.0 Å². The van der Waals surface area contributed by atoms with Crippen molar-refractivity contribution in [1.29, 1.82) is 0 Å². The number of hydrogen-bond acceptors (Lipinski definition) is 5. The second kappa shape index (κ2) is 30.5. The Kier molecular flexibility index (Phi) is 31.4. The van der Waals surface area contributed by atoms with Gasteiger partial charge in [-0.3, -0.25) is 19.3 Å². The third kappa shape index (κ3) is 25.3. The summed E-state index contributed by atoms with van der Waals surface area (Å²) in [6.45, 7) is 4.43. The number of aliphatic carboxylic acids is 2. The van der Waals surface area contributed by atoms with E-state index in [-0.39, 0.29) is 48.8 Å². The molecule has 0 saturated carbocycles. The summed E-state index contributed by atoms with van der Waals surface area (Å²) >= 11 is 0. The van der Waals surface area contributed by atoms with Gasteiger partial charge in [-0.1, -0.05) is 142 Å². The predicted molar refractivity (Wildman–Crippen MR) is 160 cm³/mol. The fourth-order valence-corrected chi connectivity index (χ4v) is 5.22. The number of rotatable bonds is 29. The summed E-state index contributed by atoms with van der Waals surface area (Å²) < 4.78 is 0. The van der Waals surface area contributed by atoms with Crippen LogP contribution in [0.25, 0.3) is 0 Å². The number of carbonyl (C=O) groups excluding carboxylic acids is 3. The average Bonchev–Trinajstić information content (AvgIpc) is 2.92. The molecule has 0 aliphatic rings. The van der Waals surface area contributed by atoms with Crippen molar-refractivity contribution in [1.82, 2.24) is 4.90 Å². The SMILES string of the molecule is CCCCCCCCCCCCCC(=O)N(C(=O)CCCCCCCCCCCCC)[C@@H](CCC(=O)O)C(=O)[O-].[Na+]. The van der Waals surface area contributed by atoms with Gasteiger partial charge in [0.1, 0.15) is 0 Å². The van der Waals surface area contributed by atoms with Crippen LogP contribution < -0.4 is 34.7 Å². The summed E-state index contributed by atoms with van der Waals surface area (Å²) in [5.74, 6) is -3.78. The number of imide groups is 1. The molecule has 1 N–H and O–H groups in total. The van der Waals surface area contributed by atoms with Gasteiger partial charge in [-0.15, -0.1) is 0 Å². The van der Waals surface area contributed by atoms with Gasteiger partial charge in [0, 0.05) is 19.3 Å². The number of hydrogen-bond donors (Lipinski definition) is 1. The van der Waals surface area contributed by atoms with Crippen molar-refractivity contribution in [3.63, 3.8) is 0 Å². The zero-order valence-electron chi connectivity index (χ0n) is 26.9. The molecule has 0 heterocycles. The fourth-order valence-electron chi connectivity index (χ4n) is 5.22. The molecule has 0 aromatic heterocycles. The van der Waals surface area contributed by atoms with Gasteiger partial charge in [0.2, 0.25) is 11.8 Å². The summed E-state index contributed by atoms with van der Waals surface area (Å²) in [4.78, 5) is 49.7. The molecule has 0 saturated heterocycles. The van der Waals surface area contributed by atoms with Crippen molar-refractivity contribution >= 4 is 23.8 Å². The van der Waals surface area contributed by atoms with Crippen LogP contribution in [0, 0.1) is 0 Å². The Morgan fingerprint density at radius 2 is 0.829 bits per heavy atom. The Hall–Kier alpha value is -0.920. The van der Waals surface area contributed by atoms with Crippen molar-refractivity contribution in [2.45, 2.75) is 187 Å². The van der Waals surface area contributed by atoms with Crippen molar-refractivity contribution < 1.29 is 58.9 Å². The van der Waals surface area contributed by atoms with Gasteiger partial charge in [-0.05, 0) is 19.3 Å². The predicted octanol–water partition coefficient (Wildman–Crippen LogP) is 4.73. The standard InChI is InChI=1S/C33H61NO6.Na/c1-3-5-7-9-11-13-15-17-19-21-23-25-30(35)34(29(33(39)40)27-28-32(37)38)31(36)26-24-22-20-18-16-14-12-10-8-6-4-2;/h29H,3-28H2,1-2H3,(H,37,38)(H,39,40);/q;+1/p-1/t29-;/m0./s1. The van der Waals surface area contributed by atoms with E-state index in [1.807, 2.05) is 0 Å². The van der Waals surface area contributed by atoms with E-state index in [9.17, 15) is 24.3 Å². The Morgan fingerprint density at radius 3 is 1.10 bits per heavy atom. The first kappa shape index (κ1) is 42.2. The minimum absolute atomic E-state index is 0. The fraction of sp³-hybridized carbons (Fsp3) is 0.879. The summed E-state index contributed by atoms with van der Waals surface area (Å²) in [5.41, 5.74) is 0. The molecule has 0 aromatic rings. The third-order valence-electron chi connectivity index (χ3n) is 7.74. The molecule has 0 aromatic carbocycles. The van der Waals surface area contributed by atoms with Gasteiger partial charge in [0.05, 0.1) is 12.0 Å². The van der Waals surface area contributed by atoms with Crippen LogP contribution in [0.5, 0.6) is 0 Å². The number of carbonyl (C=O) groups is 4. The van der Waals surface area contributed by atoms with E-state index in [4.69, 9.17) is 5.11 Å². The summed E-state index contributed by atoms with van der Waals surface area (Å²) in [6.07, 6.45) is 24.3. The maximum Gasteiger partial charge on any atom is 1.00 e. The summed E-state index contributed by atoms with van der Waals surface area (Å²) in [7, 11) is 0. The molecule has 0 spiro atoms. The smallest absolute Gasteiger partial charge is 0.548 e. The van der Waals surface area contributed by atoms with Crippen LogP contribution in [0.3, 0.4) is 0 Å². The first-order chi connectivity index (χ1) is 19.3. The molecule has 0 fully saturated rings. The van der Waals surface area contributed by atoms with Crippen molar-refractivity contribution in [2.75, 3.05) is 0 Å². The first-order valence-corrected chi connectivity index (χ1v) is 16.6. The van der Waals surface area contributed by atoms with Crippen LogP contribution in [-0.4, -0.2) is 39.8 Å². The number of carboxylic acid groups (broad SMARTS) is 2. The second-order valence-electron chi connectivity index (χ2n) is 11.5. The van der Waals surface area contributed by atoms with E-state index >= 15 is 0 Å². The number of unbranched alkanes of at least 4 members (excludes halogenated alkanes) is 20. The Labute approximate surface area is 273 Å². The third-order valence-corrected chi connectivity index (χ3v) is 7.74. The van der Waals surface area contributed by atoms with E-state index in [2.05, 4.69) is 13.8 Å². The first-order valence-electron chi connectivity index (χ1n) is 16.6. The van der Waals surface area contributed by atoms with E-state index in [1.165, 1.54) is 89.9 Å². The molecule has 0 rings (SSSR count). The maximum absolute atomic E-state index is 13.0. The number of amides is 2. The van der Waals surface area contributed by atoms with Crippen LogP contribution in [0.15, 0.2) is 0 Å². The van der Waals surface area contributed by atoms with Crippen molar-refractivity contribution in [3.8, 4) is 0 Å². The van der Waals surface area contributed by atoms with Crippen LogP contribution in [-0.2, 0) is 19.2 Å². The molecule has 234 valence electrons. The zero-order chi connectivity index (χ0) is 29.8. The van der Waals surface area contributed by atoms with Gasteiger partial charge >= 0.3 is 35.5 Å². The van der Waals surface area contributed by atoms with Crippen molar-refractivity contribution in [2.24, 2.45) is 0 Å². The molecule has 1 atom stereocenters. The Balaban J connectivity index is 0. The van der Waals surface area contributed by atoms with Gasteiger partial charge in [-0.2, -0.15) is 0 Å². The zero-order valence-corrected chi connectivity index (χ0v) is 28.9. The normalized spacial score (nSPS) is 11.6. The van der Waals surface area contributed by atoms with E-state index < -0.39 is 36.2 Å². The monoisotopic (exact) mass is 589 g/mol. The molecular formula is C33H60NNaO6. The van der Waals surface area contributed by atoms with Gasteiger partial charge in [0.25, 0.3) is 0 Å². The van der Waals surface area contributed by atoms with Gasteiger partial charge in [0.15, 0.2) is 0 Å². The average molecular weight is 590 g/mol. The van der Waals surface area contributed by atoms with Crippen LogP contribution in [0.1, 0.15) is 181 Å². The Bertz CT molecular complexity index is 634. The molecule has 0 aliphatic carbocycles. The second-order valence-corrected chi connectivity index (χ2v) is 11.5. The molecule has 0 unspecified atom stereocenters. The molecule has 0 radical (unpaired) electrons. The molecular weight excluding hydrogens is 529 g/mol. The van der Waals surface area contributed by atoms with E-state index in [1.54, 1.807) is 0 Å². The van der Waals surface area contributed by atoms with Crippen LogP contribution in [0.2, 0.25) is 0 Å². The minimum atomic E-state index is -1.57. The molecule has 2 amide bonds. The molecule has 0 bridgehead atoms. The van der Waals surface area contributed by atoms with E-state index in [0.717, 1.165) is 43.4 Å². The molecule has 41 heavy (non-hydrogen) atoms. The molecule has 0 aliphatic heterocycles. The maximum atomic E-state index is 13.0. The molecule has 8 heteroatoms. The Morgan fingerprint density at radius 1 is 0.537 bits per heavy atom. The minimum Gasteiger partial charge on any atom is -0.548 e. The molecule has 7 nitrogen and oxygen atoms in total.